The zero-order valence-corrected chi connectivity index (χ0v) is 9.32. The SMILES string of the molecule is N#CCc1ccnc(-c2cccc(F)c2F)c1N. The van der Waals surface area contributed by atoms with Crippen molar-refractivity contribution in [3.63, 3.8) is 0 Å². The second-order valence-electron chi connectivity index (χ2n) is 3.67. The molecule has 0 saturated heterocycles. The fourth-order valence-corrected chi connectivity index (χ4v) is 1.65. The molecule has 0 bridgehead atoms. The zero-order chi connectivity index (χ0) is 13.1. The summed E-state index contributed by atoms with van der Waals surface area (Å²) in [5.74, 6) is -1.95. The van der Waals surface area contributed by atoms with Crippen LogP contribution < -0.4 is 5.73 Å². The van der Waals surface area contributed by atoms with E-state index in [0.29, 0.717) is 5.56 Å². The molecule has 1 aromatic heterocycles. The molecule has 0 atom stereocenters. The fraction of sp³-hybridized carbons (Fsp3) is 0.0769. The van der Waals surface area contributed by atoms with Gasteiger partial charge in [0.15, 0.2) is 11.6 Å². The third kappa shape index (κ3) is 2.00. The number of rotatable bonds is 2. The highest BCUT2D eigenvalue weighted by atomic mass is 19.2. The van der Waals surface area contributed by atoms with Crippen LogP contribution in [0.25, 0.3) is 11.3 Å². The van der Waals surface area contributed by atoms with Gasteiger partial charge in [-0.3, -0.25) is 4.98 Å². The Morgan fingerprint density at radius 3 is 2.78 bits per heavy atom. The van der Waals surface area contributed by atoms with E-state index in [-0.39, 0.29) is 23.4 Å². The number of nitrogen functional groups attached to an aromatic ring is 1. The van der Waals surface area contributed by atoms with Crippen LogP contribution in [0.5, 0.6) is 0 Å². The number of hydrogen-bond donors (Lipinski definition) is 1. The predicted octanol–water partition coefficient (Wildman–Crippen LogP) is 2.68. The number of anilines is 1. The van der Waals surface area contributed by atoms with Crippen molar-refractivity contribution in [2.24, 2.45) is 0 Å². The Morgan fingerprint density at radius 1 is 1.28 bits per heavy atom. The van der Waals surface area contributed by atoms with E-state index < -0.39 is 11.6 Å². The molecular formula is C13H9F2N3. The Labute approximate surface area is 103 Å². The van der Waals surface area contributed by atoms with E-state index in [9.17, 15) is 8.78 Å². The Hall–Kier alpha value is -2.48. The van der Waals surface area contributed by atoms with Crippen molar-refractivity contribution in [1.82, 2.24) is 4.98 Å². The van der Waals surface area contributed by atoms with Crippen molar-refractivity contribution in [3.8, 4) is 17.3 Å². The van der Waals surface area contributed by atoms with Crippen molar-refractivity contribution < 1.29 is 8.78 Å². The molecule has 0 aliphatic carbocycles. The topological polar surface area (TPSA) is 62.7 Å². The molecule has 1 heterocycles. The molecule has 0 saturated carbocycles. The Balaban J connectivity index is 2.62. The summed E-state index contributed by atoms with van der Waals surface area (Å²) in [7, 11) is 0. The molecule has 3 nitrogen and oxygen atoms in total. The summed E-state index contributed by atoms with van der Waals surface area (Å²) in [6, 6.07) is 7.34. The van der Waals surface area contributed by atoms with Crippen molar-refractivity contribution in [2.45, 2.75) is 6.42 Å². The van der Waals surface area contributed by atoms with E-state index in [1.54, 1.807) is 6.07 Å². The highest BCUT2D eigenvalue weighted by Crippen LogP contribution is 2.29. The second kappa shape index (κ2) is 4.80. The van der Waals surface area contributed by atoms with Gasteiger partial charge in [0.05, 0.1) is 23.9 Å². The first kappa shape index (κ1) is 12.0. The van der Waals surface area contributed by atoms with Gasteiger partial charge in [0.1, 0.15) is 0 Å². The molecule has 5 heteroatoms. The summed E-state index contributed by atoms with van der Waals surface area (Å²) in [4.78, 5) is 3.95. The van der Waals surface area contributed by atoms with Crippen LogP contribution in [0, 0.1) is 23.0 Å². The van der Waals surface area contributed by atoms with Gasteiger partial charge in [-0.25, -0.2) is 8.78 Å². The maximum Gasteiger partial charge on any atom is 0.168 e. The van der Waals surface area contributed by atoms with Gasteiger partial charge in [0.2, 0.25) is 0 Å². The number of pyridine rings is 1. The summed E-state index contributed by atoms with van der Waals surface area (Å²) < 4.78 is 26.8. The van der Waals surface area contributed by atoms with Gasteiger partial charge in [0, 0.05) is 11.8 Å². The predicted molar refractivity (Wildman–Crippen MR) is 63.3 cm³/mol. The first-order valence-electron chi connectivity index (χ1n) is 5.20. The van der Waals surface area contributed by atoms with Gasteiger partial charge in [-0.15, -0.1) is 0 Å². The number of nitriles is 1. The van der Waals surface area contributed by atoms with E-state index in [2.05, 4.69) is 4.98 Å². The lowest BCUT2D eigenvalue weighted by Crippen LogP contribution is -2.01. The summed E-state index contributed by atoms with van der Waals surface area (Å²) in [6.07, 6.45) is 1.51. The fourth-order valence-electron chi connectivity index (χ4n) is 1.65. The molecular weight excluding hydrogens is 236 g/mol. The highest BCUT2D eigenvalue weighted by Gasteiger charge is 2.15. The zero-order valence-electron chi connectivity index (χ0n) is 9.32. The standard InChI is InChI=1S/C13H9F2N3/c14-10-3-1-2-9(11(10)15)13-12(17)8(4-6-16)5-7-18-13/h1-3,5,7H,4,17H2. The van der Waals surface area contributed by atoms with Crippen LogP contribution in [-0.4, -0.2) is 4.98 Å². The molecule has 0 aliphatic heterocycles. The van der Waals surface area contributed by atoms with Crippen molar-refractivity contribution >= 4 is 5.69 Å². The van der Waals surface area contributed by atoms with Gasteiger partial charge in [0.25, 0.3) is 0 Å². The molecule has 0 spiro atoms. The van der Waals surface area contributed by atoms with E-state index >= 15 is 0 Å². The summed E-state index contributed by atoms with van der Waals surface area (Å²) >= 11 is 0. The lowest BCUT2D eigenvalue weighted by molar-refractivity contribution is 0.511. The van der Waals surface area contributed by atoms with Gasteiger partial charge in [-0.1, -0.05) is 6.07 Å². The van der Waals surface area contributed by atoms with E-state index in [0.717, 1.165) is 6.07 Å². The Bertz CT molecular complexity index is 633. The molecule has 2 rings (SSSR count). The lowest BCUT2D eigenvalue weighted by atomic mass is 10.0. The van der Waals surface area contributed by atoms with Crippen molar-refractivity contribution in [2.75, 3.05) is 5.73 Å². The largest absolute Gasteiger partial charge is 0.397 e. The second-order valence-corrected chi connectivity index (χ2v) is 3.67. The van der Waals surface area contributed by atoms with E-state index in [4.69, 9.17) is 11.0 Å². The first-order chi connectivity index (χ1) is 8.65. The minimum Gasteiger partial charge on any atom is -0.397 e. The quantitative estimate of drug-likeness (QED) is 0.884. The van der Waals surface area contributed by atoms with E-state index in [1.807, 2.05) is 6.07 Å². The molecule has 0 amide bonds. The van der Waals surface area contributed by atoms with Gasteiger partial charge in [-0.2, -0.15) is 5.26 Å². The van der Waals surface area contributed by atoms with Crippen molar-refractivity contribution in [3.05, 3.63) is 47.7 Å². The Kier molecular flexibility index (Phi) is 3.20. The molecule has 0 unspecified atom stereocenters. The van der Waals surface area contributed by atoms with Crippen LogP contribution in [0.3, 0.4) is 0 Å². The highest BCUT2D eigenvalue weighted by molar-refractivity contribution is 5.75. The smallest absolute Gasteiger partial charge is 0.168 e. The number of halogens is 2. The van der Waals surface area contributed by atoms with Crippen molar-refractivity contribution in [1.29, 1.82) is 5.26 Å². The Morgan fingerprint density at radius 2 is 2.06 bits per heavy atom. The maximum atomic E-state index is 13.6. The van der Waals surface area contributed by atoms with Crippen LogP contribution in [0.15, 0.2) is 30.5 Å². The maximum absolute atomic E-state index is 13.6. The average Bonchev–Trinajstić information content (AvgIpc) is 2.36. The third-order valence-electron chi connectivity index (χ3n) is 2.56. The number of benzene rings is 1. The van der Waals surface area contributed by atoms with Crippen LogP contribution in [-0.2, 0) is 6.42 Å². The monoisotopic (exact) mass is 245 g/mol. The number of nitrogens with zero attached hydrogens (tertiary/aromatic N) is 2. The van der Waals surface area contributed by atoms with E-state index in [1.165, 1.54) is 18.3 Å². The molecule has 0 fully saturated rings. The van der Waals surface area contributed by atoms with Crippen LogP contribution in [0.1, 0.15) is 5.56 Å². The molecule has 2 N–H and O–H groups in total. The van der Waals surface area contributed by atoms with Crippen LogP contribution >= 0.6 is 0 Å². The lowest BCUT2D eigenvalue weighted by Gasteiger charge is -2.09. The molecule has 0 aliphatic rings. The number of nitrogens with two attached hydrogens (primary N) is 1. The summed E-state index contributed by atoms with van der Waals surface area (Å²) in [5.41, 5.74) is 6.71. The van der Waals surface area contributed by atoms with Gasteiger partial charge < -0.3 is 5.73 Å². The molecule has 1 aromatic carbocycles. The van der Waals surface area contributed by atoms with Crippen LogP contribution in [0.4, 0.5) is 14.5 Å². The normalized spacial score (nSPS) is 10.1. The first-order valence-corrected chi connectivity index (χ1v) is 5.20. The third-order valence-corrected chi connectivity index (χ3v) is 2.56. The molecule has 0 radical (unpaired) electrons. The number of hydrogen-bond acceptors (Lipinski definition) is 3. The summed E-state index contributed by atoms with van der Waals surface area (Å²) in [6.45, 7) is 0. The molecule has 18 heavy (non-hydrogen) atoms. The molecule has 90 valence electrons. The minimum absolute atomic E-state index is 0.00714. The summed E-state index contributed by atoms with van der Waals surface area (Å²) in [5, 5.41) is 8.64. The van der Waals surface area contributed by atoms with Crippen LogP contribution in [0.2, 0.25) is 0 Å². The van der Waals surface area contributed by atoms with Gasteiger partial charge in [-0.05, 0) is 23.8 Å². The van der Waals surface area contributed by atoms with Gasteiger partial charge >= 0.3 is 0 Å². The minimum atomic E-state index is -0.995. The number of aromatic nitrogens is 1. The molecule has 2 aromatic rings. The average molecular weight is 245 g/mol.